The molecule has 1 heterocycles. The summed E-state index contributed by atoms with van der Waals surface area (Å²) in [6, 6.07) is -1.84. The highest BCUT2D eigenvalue weighted by atomic mass is 32.2. The smallest absolute Gasteiger partial charge is 0.331 e. The van der Waals surface area contributed by atoms with Crippen LogP contribution < -0.4 is 0 Å². The molecule has 9 nitrogen and oxygen atoms in total. The van der Waals surface area contributed by atoms with Gasteiger partial charge in [-0.2, -0.15) is 0 Å². The number of carbonyl (C=O) groups excluding carboxylic acids is 3. The lowest BCUT2D eigenvalue weighted by molar-refractivity contribution is -0.143. The normalized spacial score (nSPS) is 19.0. The zero-order chi connectivity index (χ0) is 22.1. The summed E-state index contributed by atoms with van der Waals surface area (Å²) in [5.74, 6) is -0.651. The van der Waals surface area contributed by atoms with Crippen LogP contribution in [-0.2, 0) is 19.1 Å². The number of thioether (sulfide) groups is 1. The first-order valence-corrected chi connectivity index (χ1v) is 10.9. The number of hydrogen-bond donors (Lipinski definition) is 0. The standard InChI is InChI=1S/C19H31N5O4S/c1-7-12(5)16(22-23-20)18(26)24(6)14(11(3)4)9-15(25)17-21-13(10-29-17)19(27)28-8-2/h11-14,16H,7-10H2,1-6H3/t12?,13?,14-,16-/m0/s1. The largest absolute Gasteiger partial charge is 0.464 e. The van der Waals surface area contributed by atoms with Gasteiger partial charge in [0.15, 0.2) is 11.8 Å². The van der Waals surface area contributed by atoms with Gasteiger partial charge in [0.05, 0.1) is 6.61 Å². The topological polar surface area (TPSA) is 125 Å². The predicted molar refractivity (Wildman–Crippen MR) is 114 cm³/mol. The number of likely N-dealkylation sites (N-methyl/N-ethyl adjacent to an activating group) is 1. The number of aliphatic imine (C=N–C) groups is 1. The van der Waals surface area contributed by atoms with Crippen molar-refractivity contribution in [2.45, 2.75) is 65.6 Å². The number of ether oxygens (including phenoxy) is 1. The van der Waals surface area contributed by atoms with E-state index in [2.05, 4.69) is 15.0 Å². The van der Waals surface area contributed by atoms with Crippen molar-refractivity contribution in [2.75, 3.05) is 19.4 Å². The van der Waals surface area contributed by atoms with Crippen molar-refractivity contribution in [3.63, 3.8) is 0 Å². The SMILES string of the molecule is CCOC(=O)C1CSC(C(=O)C[C@@H](C(C)C)N(C)C(=O)[C@@H](N=[N+]=[N-])C(C)CC)=N1. The third kappa shape index (κ3) is 6.75. The summed E-state index contributed by atoms with van der Waals surface area (Å²) < 4.78 is 4.96. The highest BCUT2D eigenvalue weighted by molar-refractivity contribution is 8.16. The zero-order valence-corrected chi connectivity index (χ0v) is 18.8. The van der Waals surface area contributed by atoms with Crippen LogP contribution in [0.5, 0.6) is 0 Å². The third-order valence-corrected chi connectivity index (χ3v) is 6.16. The van der Waals surface area contributed by atoms with Crippen molar-refractivity contribution in [3.8, 4) is 0 Å². The van der Waals surface area contributed by atoms with Crippen LogP contribution in [0.1, 0.15) is 47.5 Å². The van der Waals surface area contributed by atoms with Crippen LogP contribution in [0.3, 0.4) is 0 Å². The molecule has 29 heavy (non-hydrogen) atoms. The van der Waals surface area contributed by atoms with Crippen LogP contribution >= 0.6 is 11.8 Å². The number of azide groups is 1. The van der Waals surface area contributed by atoms with E-state index in [0.717, 1.165) is 0 Å². The molecule has 0 aliphatic carbocycles. The van der Waals surface area contributed by atoms with Gasteiger partial charge in [0, 0.05) is 30.2 Å². The van der Waals surface area contributed by atoms with Gasteiger partial charge >= 0.3 is 5.97 Å². The summed E-state index contributed by atoms with van der Waals surface area (Å²) in [7, 11) is 1.63. The quantitative estimate of drug-likeness (QED) is 0.217. The second-order valence-electron chi connectivity index (χ2n) is 7.44. The Kier molecular flexibility index (Phi) is 10.2. The van der Waals surface area contributed by atoms with Gasteiger partial charge in [-0.3, -0.25) is 14.6 Å². The number of rotatable bonds is 11. The number of carbonyl (C=O) groups is 3. The molecule has 10 heteroatoms. The number of hydrogen-bond acceptors (Lipinski definition) is 7. The lowest BCUT2D eigenvalue weighted by Crippen LogP contribution is -2.47. The molecular formula is C19H31N5O4S. The Bertz CT molecular complexity index is 690. The van der Waals surface area contributed by atoms with Gasteiger partial charge in [0.2, 0.25) is 5.91 Å². The highest BCUT2D eigenvalue weighted by Gasteiger charge is 2.35. The number of ketones is 1. The molecule has 0 saturated heterocycles. The number of esters is 1. The Labute approximate surface area is 176 Å². The summed E-state index contributed by atoms with van der Waals surface area (Å²) >= 11 is 1.24. The van der Waals surface area contributed by atoms with Crippen molar-refractivity contribution in [1.82, 2.24) is 4.90 Å². The molecule has 0 radical (unpaired) electrons. The van der Waals surface area contributed by atoms with E-state index in [1.54, 1.807) is 14.0 Å². The Hall–Kier alpha value is -2.06. The fourth-order valence-corrected chi connectivity index (χ4v) is 4.01. The molecule has 1 rings (SSSR count). The fourth-order valence-electron chi connectivity index (χ4n) is 3.04. The van der Waals surface area contributed by atoms with Crippen LogP contribution in [0.15, 0.2) is 10.1 Å². The van der Waals surface area contributed by atoms with Crippen molar-refractivity contribution in [3.05, 3.63) is 10.4 Å². The lowest BCUT2D eigenvalue weighted by atomic mass is 9.94. The summed E-state index contributed by atoms with van der Waals surface area (Å²) in [6.07, 6.45) is 0.780. The van der Waals surface area contributed by atoms with E-state index in [1.807, 2.05) is 27.7 Å². The average molecular weight is 426 g/mol. The first-order chi connectivity index (χ1) is 13.7. The molecule has 0 aromatic carbocycles. The van der Waals surface area contributed by atoms with Gasteiger partial charge in [-0.15, -0.1) is 11.8 Å². The van der Waals surface area contributed by atoms with Gasteiger partial charge in [-0.25, -0.2) is 4.79 Å². The minimum atomic E-state index is -0.808. The van der Waals surface area contributed by atoms with Crippen LogP contribution in [0, 0.1) is 11.8 Å². The zero-order valence-electron chi connectivity index (χ0n) is 18.0. The lowest BCUT2D eigenvalue weighted by Gasteiger charge is -2.33. The molecule has 0 aromatic heterocycles. The van der Waals surface area contributed by atoms with E-state index in [1.165, 1.54) is 16.7 Å². The van der Waals surface area contributed by atoms with Crippen molar-refractivity contribution < 1.29 is 19.1 Å². The van der Waals surface area contributed by atoms with E-state index in [4.69, 9.17) is 10.3 Å². The molecule has 0 fully saturated rings. The molecule has 2 unspecified atom stereocenters. The number of amides is 1. The van der Waals surface area contributed by atoms with Gasteiger partial charge in [0.25, 0.3) is 0 Å². The van der Waals surface area contributed by atoms with Crippen LogP contribution in [0.2, 0.25) is 0 Å². The number of Topliss-reactive ketones (excluding diaryl/α,β-unsaturated/α-hetero) is 1. The maximum absolute atomic E-state index is 12.9. The van der Waals surface area contributed by atoms with E-state index in [-0.39, 0.29) is 42.6 Å². The Morgan fingerprint density at radius 1 is 1.34 bits per heavy atom. The van der Waals surface area contributed by atoms with E-state index >= 15 is 0 Å². The monoisotopic (exact) mass is 425 g/mol. The van der Waals surface area contributed by atoms with Crippen LogP contribution in [-0.4, -0.2) is 65.1 Å². The van der Waals surface area contributed by atoms with Gasteiger partial charge < -0.3 is 9.64 Å². The summed E-state index contributed by atoms with van der Waals surface area (Å²) in [5.41, 5.74) is 8.83. The molecule has 1 aliphatic heterocycles. The second kappa shape index (κ2) is 11.8. The van der Waals surface area contributed by atoms with Gasteiger partial charge in [0.1, 0.15) is 11.1 Å². The summed E-state index contributed by atoms with van der Waals surface area (Å²) in [6.45, 7) is 9.64. The molecular weight excluding hydrogens is 394 g/mol. The number of nitrogens with zero attached hydrogens (tertiary/aromatic N) is 5. The highest BCUT2D eigenvalue weighted by Crippen LogP contribution is 2.24. The van der Waals surface area contributed by atoms with E-state index < -0.39 is 18.1 Å². The first-order valence-electron chi connectivity index (χ1n) is 9.89. The second-order valence-corrected chi connectivity index (χ2v) is 8.44. The minimum absolute atomic E-state index is 0.00408. The van der Waals surface area contributed by atoms with Crippen LogP contribution in [0.25, 0.3) is 10.4 Å². The predicted octanol–water partition coefficient (Wildman–Crippen LogP) is 3.23. The molecule has 0 N–H and O–H groups in total. The van der Waals surface area contributed by atoms with Crippen molar-refractivity contribution in [2.24, 2.45) is 21.9 Å². The molecule has 0 aromatic rings. The average Bonchev–Trinajstić information content (AvgIpc) is 3.19. The molecule has 0 saturated carbocycles. The van der Waals surface area contributed by atoms with Crippen LogP contribution in [0.4, 0.5) is 0 Å². The third-order valence-electron chi connectivity index (χ3n) is 5.07. The van der Waals surface area contributed by atoms with Gasteiger partial charge in [-0.1, -0.05) is 39.2 Å². The molecule has 0 bridgehead atoms. The van der Waals surface area contributed by atoms with E-state index in [9.17, 15) is 14.4 Å². The fraction of sp³-hybridized carbons (Fsp3) is 0.789. The Morgan fingerprint density at radius 2 is 2.00 bits per heavy atom. The van der Waals surface area contributed by atoms with Crippen molar-refractivity contribution >= 4 is 34.5 Å². The molecule has 162 valence electrons. The Morgan fingerprint density at radius 3 is 2.52 bits per heavy atom. The summed E-state index contributed by atoms with van der Waals surface area (Å²) in [5, 5.41) is 3.98. The van der Waals surface area contributed by atoms with E-state index in [0.29, 0.717) is 17.2 Å². The summed E-state index contributed by atoms with van der Waals surface area (Å²) in [4.78, 5) is 46.1. The molecule has 1 aliphatic rings. The maximum Gasteiger partial charge on any atom is 0.331 e. The maximum atomic E-state index is 12.9. The molecule has 4 atom stereocenters. The molecule has 0 spiro atoms. The Balaban J connectivity index is 2.93. The van der Waals surface area contributed by atoms with Crippen molar-refractivity contribution in [1.29, 1.82) is 0 Å². The molecule has 1 amide bonds. The minimum Gasteiger partial charge on any atom is -0.464 e. The first kappa shape index (κ1) is 25.0. The van der Waals surface area contributed by atoms with Gasteiger partial charge in [-0.05, 0) is 24.3 Å².